The van der Waals surface area contributed by atoms with Crippen molar-refractivity contribution < 1.29 is 14.3 Å². The molecule has 0 radical (unpaired) electrons. The molecule has 0 aliphatic rings. The first kappa shape index (κ1) is 14.1. The summed E-state index contributed by atoms with van der Waals surface area (Å²) in [6, 6.07) is 17.4. The highest BCUT2D eigenvalue weighted by atomic mass is 16.5. The van der Waals surface area contributed by atoms with Crippen molar-refractivity contribution in [3.63, 3.8) is 0 Å². The lowest BCUT2D eigenvalue weighted by Gasteiger charge is -2.08. The van der Waals surface area contributed by atoms with Crippen LogP contribution in [0.5, 0.6) is 5.75 Å². The Kier molecular flexibility index (Phi) is 5.15. The molecule has 1 N–H and O–H groups in total. The first-order chi connectivity index (χ1) is 9.78. The molecule has 2 rings (SSSR count). The Bertz CT molecular complexity index is 537. The summed E-state index contributed by atoms with van der Waals surface area (Å²) in [5.41, 5.74) is 1.99. The molecule has 2 aromatic carbocycles. The number of Topliss-reactive ketones (excluding diaryl/α,β-unsaturated/α-hetero) is 1. The second-order valence-corrected chi connectivity index (χ2v) is 4.28. The van der Waals surface area contributed by atoms with E-state index in [9.17, 15) is 4.79 Å². The van der Waals surface area contributed by atoms with Crippen molar-refractivity contribution in [3.05, 3.63) is 54.6 Å². The Balaban J connectivity index is 1.88. The summed E-state index contributed by atoms with van der Waals surface area (Å²) >= 11 is 0. The molecule has 0 aliphatic carbocycles. The summed E-state index contributed by atoms with van der Waals surface area (Å²) in [5.74, 6) is 0.576. The minimum Gasteiger partial charge on any atom is -0.486 e. The highest BCUT2D eigenvalue weighted by Gasteiger charge is 2.02. The molecule has 0 heterocycles. The van der Waals surface area contributed by atoms with Gasteiger partial charge in [0.1, 0.15) is 19.0 Å². The highest BCUT2D eigenvalue weighted by molar-refractivity contribution is 5.81. The first-order valence-electron chi connectivity index (χ1n) is 6.33. The quantitative estimate of drug-likeness (QED) is 0.841. The van der Waals surface area contributed by atoms with Gasteiger partial charge in [-0.15, -0.1) is 0 Å². The number of hydrogen-bond acceptors (Lipinski definition) is 4. The first-order valence-corrected chi connectivity index (χ1v) is 6.33. The molecule has 0 saturated carbocycles. The summed E-state index contributed by atoms with van der Waals surface area (Å²) in [7, 11) is 1.49. The zero-order valence-corrected chi connectivity index (χ0v) is 11.3. The largest absolute Gasteiger partial charge is 0.486 e. The topological polar surface area (TPSA) is 47.6 Å². The van der Waals surface area contributed by atoms with E-state index in [1.165, 1.54) is 7.11 Å². The van der Waals surface area contributed by atoms with Gasteiger partial charge in [0.05, 0.1) is 0 Å². The van der Waals surface area contributed by atoms with Crippen molar-refractivity contribution in [2.24, 2.45) is 0 Å². The number of rotatable bonds is 7. The van der Waals surface area contributed by atoms with Crippen LogP contribution in [0, 0.1) is 0 Å². The minimum absolute atomic E-state index is 0.0271. The van der Waals surface area contributed by atoms with Gasteiger partial charge in [-0.2, -0.15) is 0 Å². The van der Waals surface area contributed by atoms with Crippen LogP contribution >= 0.6 is 0 Å². The normalized spacial score (nSPS) is 10.1. The summed E-state index contributed by atoms with van der Waals surface area (Å²) in [5, 5.41) is 3.27. The van der Waals surface area contributed by atoms with Crippen LogP contribution < -0.4 is 10.1 Å². The molecule has 0 amide bonds. The Morgan fingerprint density at radius 3 is 2.25 bits per heavy atom. The van der Waals surface area contributed by atoms with Crippen LogP contribution in [0.1, 0.15) is 0 Å². The van der Waals surface area contributed by atoms with Crippen LogP contribution in [0.2, 0.25) is 0 Å². The van der Waals surface area contributed by atoms with Crippen molar-refractivity contribution in [2.75, 3.05) is 25.6 Å². The molecule has 20 heavy (non-hydrogen) atoms. The number of carbonyl (C=O) groups is 1. The van der Waals surface area contributed by atoms with Crippen molar-refractivity contribution in [1.82, 2.24) is 0 Å². The lowest BCUT2D eigenvalue weighted by atomic mass is 10.2. The molecule has 0 aromatic heterocycles. The fraction of sp³-hybridized carbons (Fsp3) is 0.188. The number of ketones is 1. The molecule has 4 nitrogen and oxygen atoms in total. The van der Waals surface area contributed by atoms with Gasteiger partial charge >= 0.3 is 0 Å². The number of para-hydroxylation sites is 1. The van der Waals surface area contributed by atoms with E-state index in [1.807, 2.05) is 54.6 Å². The molecule has 0 atom stereocenters. The van der Waals surface area contributed by atoms with Crippen molar-refractivity contribution in [1.29, 1.82) is 0 Å². The molecule has 104 valence electrons. The summed E-state index contributed by atoms with van der Waals surface area (Å²) in [6.07, 6.45) is 0. The van der Waals surface area contributed by atoms with E-state index in [2.05, 4.69) is 5.32 Å². The summed E-state index contributed by atoms with van der Waals surface area (Å²) in [6.45, 7) is 0.104. The number of hydrogen-bond donors (Lipinski definition) is 1. The van der Waals surface area contributed by atoms with Gasteiger partial charge in [-0.3, -0.25) is 4.79 Å². The number of benzene rings is 2. The standard InChI is InChI=1S/C16H17NO3/c1-19-11-15(18)12-20-16-9-7-14(8-10-16)17-13-5-3-2-4-6-13/h2-10,17H,11-12H2,1H3. The third-order valence-electron chi connectivity index (χ3n) is 2.62. The third kappa shape index (κ3) is 4.40. The maximum Gasteiger partial charge on any atom is 0.195 e. The van der Waals surface area contributed by atoms with E-state index in [0.717, 1.165) is 11.4 Å². The van der Waals surface area contributed by atoms with Gasteiger partial charge in [-0.25, -0.2) is 0 Å². The lowest BCUT2D eigenvalue weighted by Crippen LogP contribution is -2.16. The van der Waals surface area contributed by atoms with Gasteiger partial charge < -0.3 is 14.8 Å². The zero-order chi connectivity index (χ0) is 14.2. The van der Waals surface area contributed by atoms with Crippen molar-refractivity contribution in [3.8, 4) is 5.75 Å². The van der Waals surface area contributed by atoms with Gasteiger partial charge in [-0.05, 0) is 36.4 Å². The maximum absolute atomic E-state index is 11.3. The van der Waals surface area contributed by atoms with E-state index in [4.69, 9.17) is 9.47 Å². The number of carbonyl (C=O) groups excluding carboxylic acids is 1. The van der Waals surface area contributed by atoms with Gasteiger partial charge in [0.25, 0.3) is 0 Å². The zero-order valence-electron chi connectivity index (χ0n) is 11.3. The van der Waals surface area contributed by atoms with Crippen LogP contribution in [0.4, 0.5) is 11.4 Å². The molecule has 0 unspecified atom stereocenters. The van der Waals surface area contributed by atoms with Crippen LogP contribution in [0.3, 0.4) is 0 Å². The van der Waals surface area contributed by atoms with Crippen molar-refractivity contribution in [2.45, 2.75) is 0 Å². The van der Waals surface area contributed by atoms with Crippen LogP contribution in [0.15, 0.2) is 54.6 Å². The minimum atomic E-state index is -0.0843. The predicted molar refractivity (Wildman–Crippen MR) is 78.5 cm³/mol. The molecule has 4 heteroatoms. The monoisotopic (exact) mass is 271 g/mol. The smallest absolute Gasteiger partial charge is 0.195 e. The van der Waals surface area contributed by atoms with Crippen LogP contribution in [-0.4, -0.2) is 26.1 Å². The average molecular weight is 271 g/mol. The van der Waals surface area contributed by atoms with E-state index in [0.29, 0.717) is 5.75 Å². The lowest BCUT2D eigenvalue weighted by molar-refractivity contribution is -0.124. The molecule has 0 fully saturated rings. The second kappa shape index (κ2) is 7.31. The SMILES string of the molecule is COCC(=O)COc1ccc(Nc2ccccc2)cc1. The van der Waals surface area contributed by atoms with E-state index in [1.54, 1.807) is 0 Å². The van der Waals surface area contributed by atoms with E-state index in [-0.39, 0.29) is 19.0 Å². The fourth-order valence-corrected chi connectivity index (χ4v) is 1.69. The Morgan fingerprint density at radius 1 is 0.950 bits per heavy atom. The molecule has 0 bridgehead atoms. The molecular weight excluding hydrogens is 254 g/mol. The molecule has 0 aliphatic heterocycles. The summed E-state index contributed by atoms with van der Waals surface area (Å²) in [4.78, 5) is 11.3. The maximum atomic E-state index is 11.3. The number of ether oxygens (including phenoxy) is 2. The average Bonchev–Trinajstić information content (AvgIpc) is 2.48. The number of methoxy groups -OCH3 is 1. The van der Waals surface area contributed by atoms with Crippen LogP contribution in [-0.2, 0) is 9.53 Å². The fourth-order valence-electron chi connectivity index (χ4n) is 1.69. The van der Waals surface area contributed by atoms with Crippen molar-refractivity contribution >= 4 is 17.2 Å². The number of anilines is 2. The van der Waals surface area contributed by atoms with Gasteiger partial charge in [0, 0.05) is 18.5 Å². The summed E-state index contributed by atoms with van der Waals surface area (Å²) < 4.78 is 10.1. The van der Waals surface area contributed by atoms with Gasteiger partial charge in [-0.1, -0.05) is 18.2 Å². The van der Waals surface area contributed by atoms with E-state index >= 15 is 0 Å². The third-order valence-corrected chi connectivity index (χ3v) is 2.62. The molecule has 2 aromatic rings. The number of nitrogens with one attached hydrogen (secondary N) is 1. The predicted octanol–water partition coefficient (Wildman–Crippen LogP) is 3.02. The second-order valence-electron chi connectivity index (χ2n) is 4.28. The Morgan fingerprint density at radius 2 is 1.60 bits per heavy atom. The highest BCUT2D eigenvalue weighted by Crippen LogP contribution is 2.19. The molecule has 0 spiro atoms. The Hall–Kier alpha value is -2.33. The molecule has 0 saturated heterocycles. The van der Waals surface area contributed by atoms with Crippen LogP contribution in [0.25, 0.3) is 0 Å². The Labute approximate surface area is 118 Å². The van der Waals surface area contributed by atoms with Gasteiger partial charge in [0.15, 0.2) is 5.78 Å². The molecular formula is C16H17NO3. The van der Waals surface area contributed by atoms with E-state index < -0.39 is 0 Å². The van der Waals surface area contributed by atoms with Gasteiger partial charge in [0.2, 0.25) is 0 Å².